The summed E-state index contributed by atoms with van der Waals surface area (Å²) in [6.45, 7) is 1.50. The van der Waals surface area contributed by atoms with E-state index in [4.69, 9.17) is 11.6 Å². The second-order valence-electron chi connectivity index (χ2n) is 6.93. The molecule has 0 aliphatic rings. The lowest BCUT2D eigenvalue weighted by molar-refractivity contribution is 0.0922. The van der Waals surface area contributed by atoms with Gasteiger partial charge in [0.25, 0.3) is 15.9 Å². The number of anilines is 1. The van der Waals surface area contributed by atoms with Crippen LogP contribution in [0.4, 0.5) is 5.69 Å². The molecule has 0 saturated heterocycles. The van der Waals surface area contributed by atoms with Gasteiger partial charge in [0, 0.05) is 29.0 Å². The van der Waals surface area contributed by atoms with E-state index in [0.717, 1.165) is 5.56 Å². The molecule has 7 nitrogen and oxygen atoms in total. The summed E-state index contributed by atoms with van der Waals surface area (Å²) in [6.07, 6.45) is 2.78. The Kier molecular flexibility index (Phi) is 7.27. The van der Waals surface area contributed by atoms with Crippen LogP contribution in [-0.2, 0) is 16.6 Å². The molecule has 0 fully saturated rings. The fraction of sp³-hybridized carbons (Fsp3) is 0.182. The van der Waals surface area contributed by atoms with Crippen molar-refractivity contribution in [2.75, 3.05) is 10.9 Å². The first-order chi connectivity index (χ1) is 14.8. The van der Waals surface area contributed by atoms with Crippen LogP contribution in [0.5, 0.6) is 0 Å². The van der Waals surface area contributed by atoms with Gasteiger partial charge in [-0.15, -0.1) is 0 Å². The van der Waals surface area contributed by atoms with Gasteiger partial charge < -0.3 is 10.4 Å². The molecule has 1 unspecified atom stereocenters. The van der Waals surface area contributed by atoms with Gasteiger partial charge in [0.05, 0.1) is 18.8 Å². The maximum absolute atomic E-state index is 13.4. The molecular formula is C22H22ClN3O4S. The van der Waals surface area contributed by atoms with Gasteiger partial charge in [-0.3, -0.25) is 14.1 Å². The smallest absolute Gasteiger partial charge is 0.266 e. The summed E-state index contributed by atoms with van der Waals surface area (Å²) in [6, 6.07) is 15.8. The van der Waals surface area contributed by atoms with Gasteiger partial charge in [0.2, 0.25) is 0 Å². The highest BCUT2D eigenvalue weighted by atomic mass is 35.5. The summed E-state index contributed by atoms with van der Waals surface area (Å²) in [5.41, 5.74) is 1.32. The Bertz CT molecular complexity index is 1140. The van der Waals surface area contributed by atoms with Crippen LogP contribution < -0.4 is 9.62 Å². The third-order valence-electron chi connectivity index (χ3n) is 4.51. The van der Waals surface area contributed by atoms with Crippen LogP contribution in [0.2, 0.25) is 5.02 Å². The normalized spacial score (nSPS) is 12.2. The molecule has 1 amide bonds. The van der Waals surface area contributed by atoms with Gasteiger partial charge in [-0.05, 0) is 55.0 Å². The van der Waals surface area contributed by atoms with Crippen molar-refractivity contribution in [3.8, 4) is 0 Å². The van der Waals surface area contributed by atoms with Gasteiger partial charge in [0.15, 0.2) is 0 Å². The molecule has 1 heterocycles. The van der Waals surface area contributed by atoms with Gasteiger partial charge in [0.1, 0.15) is 4.90 Å². The van der Waals surface area contributed by atoms with E-state index in [1.54, 1.807) is 55.5 Å². The first-order valence-electron chi connectivity index (χ1n) is 9.50. The molecular weight excluding hydrogens is 438 g/mol. The van der Waals surface area contributed by atoms with E-state index in [1.165, 1.54) is 28.8 Å². The number of sulfonamides is 1. The average Bonchev–Trinajstić information content (AvgIpc) is 2.79. The fourth-order valence-electron chi connectivity index (χ4n) is 2.85. The standard InChI is InChI=1S/C22H22ClN3O4S/c1-16(15-27)25-22(28)18-4-2-5-20(12-18)26(14-17-7-9-19(23)10-8-17)31(29,30)21-6-3-11-24-13-21/h2-13,16,27H,14-15H2,1H3,(H,25,28). The fourth-order valence-corrected chi connectivity index (χ4v) is 4.39. The van der Waals surface area contributed by atoms with E-state index >= 15 is 0 Å². The Balaban J connectivity index is 2.03. The van der Waals surface area contributed by atoms with Crippen molar-refractivity contribution in [3.63, 3.8) is 0 Å². The van der Waals surface area contributed by atoms with Crippen molar-refractivity contribution in [2.24, 2.45) is 0 Å². The number of rotatable bonds is 8. The maximum Gasteiger partial charge on any atom is 0.266 e. The Labute approximate surface area is 186 Å². The number of pyridine rings is 1. The molecule has 0 radical (unpaired) electrons. The third-order valence-corrected chi connectivity index (χ3v) is 6.52. The summed E-state index contributed by atoms with van der Waals surface area (Å²) in [5.74, 6) is -0.409. The highest BCUT2D eigenvalue weighted by Crippen LogP contribution is 2.27. The molecule has 162 valence electrons. The number of carbonyl (C=O) groups excluding carboxylic acids is 1. The van der Waals surface area contributed by atoms with Crippen LogP contribution in [0.3, 0.4) is 0 Å². The second-order valence-corrected chi connectivity index (χ2v) is 9.23. The predicted molar refractivity (Wildman–Crippen MR) is 120 cm³/mol. The van der Waals surface area contributed by atoms with Gasteiger partial charge in [-0.25, -0.2) is 8.42 Å². The SMILES string of the molecule is CC(CO)NC(=O)c1cccc(N(Cc2ccc(Cl)cc2)S(=O)(=O)c2cccnc2)c1. The molecule has 0 aliphatic carbocycles. The zero-order valence-electron chi connectivity index (χ0n) is 16.8. The lowest BCUT2D eigenvalue weighted by Crippen LogP contribution is -2.35. The lowest BCUT2D eigenvalue weighted by atomic mass is 10.1. The Morgan fingerprint density at radius 1 is 1.16 bits per heavy atom. The van der Waals surface area contributed by atoms with Crippen molar-refractivity contribution < 1.29 is 18.3 Å². The lowest BCUT2D eigenvalue weighted by Gasteiger charge is -2.25. The summed E-state index contributed by atoms with van der Waals surface area (Å²) in [7, 11) is -3.97. The van der Waals surface area contributed by atoms with Crippen LogP contribution in [0.25, 0.3) is 0 Å². The molecule has 1 atom stereocenters. The molecule has 0 saturated carbocycles. The van der Waals surface area contributed by atoms with E-state index in [2.05, 4.69) is 10.3 Å². The number of aromatic nitrogens is 1. The zero-order chi connectivity index (χ0) is 22.4. The average molecular weight is 460 g/mol. The first-order valence-corrected chi connectivity index (χ1v) is 11.3. The molecule has 31 heavy (non-hydrogen) atoms. The van der Waals surface area contributed by atoms with Crippen molar-refractivity contribution >= 4 is 33.2 Å². The van der Waals surface area contributed by atoms with Gasteiger partial charge in [-0.2, -0.15) is 0 Å². The molecule has 9 heteroatoms. The molecule has 1 aromatic heterocycles. The monoisotopic (exact) mass is 459 g/mol. The van der Waals surface area contributed by atoms with Crippen LogP contribution in [0, 0.1) is 0 Å². The minimum atomic E-state index is -3.97. The minimum absolute atomic E-state index is 0.0342. The number of halogens is 1. The number of nitrogens with one attached hydrogen (secondary N) is 1. The Hall–Kier alpha value is -2.94. The maximum atomic E-state index is 13.4. The number of hydrogen-bond acceptors (Lipinski definition) is 5. The van der Waals surface area contributed by atoms with E-state index in [-0.39, 0.29) is 23.6 Å². The zero-order valence-corrected chi connectivity index (χ0v) is 18.3. The van der Waals surface area contributed by atoms with Crippen LogP contribution in [0.1, 0.15) is 22.8 Å². The summed E-state index contributed by atoms with van der Waals surface area (Å²) >= 11 is 5.96. The van der Waals surface area contributed by atoms with Crippen LogP contribution >= 0.6 is 11.6 Å². The number of benzene rings is 2. The summed E-state index contributed by atoms with van der Waals surface area (Å²) in [4.78, 5) is 16.4. The van der Waals surface area contributed by atoms with Gasteiger partial charge >= 0.3 is 0 Å². The van der Waals surface area contributed by atoms with E-state index in [9.17, 15) is 18.3 Å². The van der Waals surface area contributed by atoms with Crippen molar-refractivity contribution in [1.82, 2.24) is 10.3 Å². The number of amides is 1. The molecule has 3 rings (SSSR count). The topological polar surface area (TPSA) is 99.6 Å². The molecule has 2 aromatic carbocycles. The van der Waals surface area contributed by atoms with Crippen molar-refractivity contribution in [1.29, 1.82) is 0 Å². The Morgan fingerprint density at radius 3 is 2.55 bits per heavy atom. The first kappa shape index (κ1) is 22.7. The highest BCUT2D eigenvalue weighted by Gasteiger charge is 2.26. The minimum Gasteiger partial charge on any atom is -0.394 e. The van der Waals surface area contributed by atoms with Crippen molar-refractivity contribution in [2.45, 2.75) is 24.4 Å². The number of aliphatic hydroxyl groups is 1. The molecule has 0 aliphatic heterocycles. The predicted octanol–water partition coefficient (Wildman–Crippen LogP) is 3.24. The molecule has 0 spiro atoms. The van der Waals surface area contributed by atoms with E-state index in [1.807, 2.05) is 0 Å². The molecule has 2 N–H and O–H groups in total. The Morgan fingerprint density at radius 2 is 1.90 bits per heavy atom. The number of aliphatic hydroxyl groups excluding tert-OH is 1. The molecule has 0 bridgehead atoms. The largest absolute Gasteiger partial charge is 0.394 e. The summed E-state index contributed by atoms with van der Waals surface area (Å²) in [5, 5.41) is 12.4. The summed E-state index contributed by atoms with van der Waals surface area (Å²) < 4.78 is 28.1. The third kappa shape index (κ3) is 5.61. The van der Waals surface area contributed by atoms with Crippen LogP contribution in [-0.4, -0.2) is 37.1 Å². The quantitative estimate of drug-likeness (QED) is 0.538. The van der Waals surface area contributed by atoms with Crippen LogP contribution in [0.15, 0.2) is 78.0 Å². The highest BCUT2D eigenvalue weighted by molar-refractivity contribution is 7.92. The number of carbonyl (C=O) groups is 1. The second kappa shape index (κ2) is 9.91. The number of hydrogen-bond donors (Lipinski definition) is 2. The van der Waals surface area contributed by atoms with Gasteiger partial charge in [-0.1, -0.05) is 29.8 Å². The number of nitrogens with zero attached hydrogens (tertiary/aromatic N) is 2. The van der Waals surface area contributed by atoms with E-state index in [0.29, 0.717) is 10.7 Å². The molecule has 3 aromatic rings. The van der Waals surface area contributed by atoms with Crippen molar-refractivity contribution in [3.05, 3.63) is 89.2 Å². The van der Waals surface area contributed by atoms with E-state index < -0.39 is 22.0 Å².